The van der Waals surface area contributed by atoms with Crippen LogP contribution in [0.25, 0.3) is 0 Å². The second kappa shape index (κ2) is 5.91. The molecule has 2 rings (SSSR count). The highest BCUT2D eigenvalue weighted by Gasteiger charge is 2.20. The Morgan fingerprint density at radius 1 is 1.28 bits per heavy atom. The van der Waals surface area contributed by atoms with Crippen molar-refractivity contribution in [3.8, 4) is 0 Å². The Labute approximate surface area is 118 Å². The number of halogens is 1. The highest BCUT2D eigenvalue weighted by Crippen LogP contribution is 2.33. The summed E-state index contributed by atoms with van der Waals surface area (Å²) in [5, 5.41) is 0. The normalized spacial score (nSPS) is 17.5. The standard InChI is InChI=1S/C14H22BrN3/c1-10-12(16)9-17-14(13(10)15)18(2)11-7-5-3-4-6-8-11/h9,11H,3-8,16H2,1-2H3. The van der Waals surface area contributed by atoms with E-state index in [1.807, 2.05) is 6.92 Å². The minimum atomic E-state index is 0.610. The Bertz CT molecular complexity index is 412. The maximum Gasteiger partial charge on any atom is 0.143 e. The van der Waals surface area contributed by atoms with Crippen LogP contribution < -0.4 is 10.6 Å². The summed E-state index contributed by atoms with van der Waals surface area (Å²) in [5.41, 5.74) is 7.72. The minimum absolute atomic E-state index is 0.610. The van der Waals surface area contributed by atoms with E-state index in [-0.39, 0.29) is 0 Å². The quantitative estimate of drug-likeness (QED) is 0.842. The molecule has 1 heterocycles. The number of nitrogens with zero attached hydrogens (tertiary/aromatic N) is 2. The molecule has 0 atom stereocenters. The second-order valence-corrected chi connectivity index (χ2v) is 6.03. The monoisotopic (exact) mass is 311 g/mol. The van der Waals surface area contributed by atoms with Crippen LogP contribution in [-0.4, -0.2) is 18.1 Å². The number of hydrogen-bond donors (Lipinski definition) is 1. The van der Waals surface area contributed by atoms with Crippen LogP contribution >= 0.6 is 15.9 Å². The zero-order valence-corrected chi connectivity index (χ0v) is 12.8. The maximum absolute atomic E-state index is 5.88. The molecule has 2 N–H and O–H groups in total. The largest absolute Gasteiger partial charge is 0.397 e. The van der Waals surface area contributed by atoms with Crippen LogP contribution in [0.4, 0.5) is 11.5 Å². The number of nitrogen functional groups attached to an aromatic ring is 1. The van der Waals surface area contributed by atoms with E-state index in [2.05, 4.69) is 32.9 Å². The first-order valence-electron chi connectivity index (χ1n) is 6.74. The number of rotatable bonds is 2. The Kier molecular flexibility index (Phi) is 4.49. The number of hydrogen-bond acceptors (Lipinski definition) is 3. The van der Waals surface area contributed by atoms with Crippen molar-refractivity contribution in [1.82, 2.24) is 4.98 Å². The number of aromatic nitrogens is 1. The van der Waals surface area contributed by atoms with Crippen molar-refractivity contribution in [2.45, 2.75) is 51.5 Å². The lowest BCUT2D eigenvalue weighted by molar-refractivity contribution is 0.548. The predicted molar refractivity (Wildman–Crippen MR) is 81.0 cm³/mol. The molecule has 0 spiro atoms. The van der Waals surface area contributed by atoms with Gasteiger partial charge in [0, 0.05) is 13.1 Å². The first-order chi connectivity index (χ1) is 8.61. The van der Waals surface area contributed by atoms with Crippen LogP contribution in [0, 0.1) is 6.92 Å². The van der Waals surface area contributed by atoms with Crippen LogP contribution in [0.2, 0.25) is 0 Å². The van der Waals surface area contributed by atoms with Gasteiger partial charge < -0.3 is 10.6 Å². The van der Waals surface area contributed by atoms with E-state index in [0.29, 0.717) is 6.04 Å². The lowest BCUT2D eigenvalue weighted by Gasteiger charge is -2.29. The predicted octanol–water partition coefficient (Wildman–Crippen LogP) is 3.89. The number of anilines is 2. The molecule has 1 aromatic heterocycles. The molecule has 100 valence electrons. The van der Waals surface area contributed by atoms with Gasteiger partial charge in [-0.2, -0.15) is 0 Å². The number of nitrogens with two attached hydrogens (primary N) is 1. The van der Waals surface area contributed by atoms with Gasteiger partial charge in [-0.15, -0.1) is 0 Å². The Balaban J connectivity index is 2.22. The molecule has 1 fully saturated rings. The third-order valence-electron chi connectivity index (χ3n) is 3.99. The van der Waals surface area contributed by atoms with Gasteiger partial charge >= 0.3 is 0 Å². The zero-order valence-electron chi connectivity index (χ0n) is 11.2. The highest BCUT2D eigenvalue weighted by atomic mass is 79.9. The summed E-state index contributed by atoms with van der Waals surface area (Å²) in [5.74, 6) is 1.02. The molecule has 1 aliphatic rings. The van der Waals surface area contributed by atoms with Crippen molar-refractivity contribution >= 4 is 27.4 Å². The molecule has 3 nitrogen and oxygen atoms in total. The smallest absolute Gasteiger partial charge is 0.143 e. The van der Waals surface area contributed by atoms with Gasteiger partial charge in [-0.05, 0) is 41.3 Å². The summed E-state index contributed by atoms with van der Waals surface area (Å²) in [4.78, 5) is 6.82. The summed E-state index contributed by atoms with van der Waals surface area (Å²) in [7, 11) is 2.15. The first-order valence-corrected chi connectivity index (χ1v) is 7.54. The lowest BCUT2D eigenvalue weighted by Crippen LogP contribution is -2.32. The van der Waals surface area contributed by atoms with E-state index in [0.717, 1.165) is 21.5 Å². The van der Waals surface area contributed by atoms with Crippen molar-refractivity contribution < 1.29 is 0 Å². The Morgan fingerprint density at radius 2 is 1.89 bits per heavy atom. The zero-order chi connectivity index (χ0) is 13.1. The van der Waals surface area contributed by atoms with Crippen molar-refractivity contribution in [3.63, 3.8) is 0 Å². The fourth-order valence-electron chi connectivity index (χ4n) is 2.64. The average molecular weight is 312 g/mol. The molecule has 4 heteroatoms. The van der Waals surface area contributed by atoms with Crippen molar-refractivity contribution in [1.29, 1.82) is 0 Å². The highest BCUT2D eigenvalue weighted by molar-refractivity contribution is 9.10. The van der Waals surface area contributed by atoms with E-state index in [4.69, 9.17) is 5.73 Å². The molecule has 0 aromatic carbocycles. The molecule has 0 unspecified atom stereocenters. The van der Waals surface area contributed by atoms with Crippen molar-refractivity contribution in [2.24, 2.45) is 0 Å². The van der Waals surface area contributed by atoms with E-state index >= 15 is 0 Å². The first kappa shape index (κ1) is 13.7. The maximum atomic E-state index is 5.88. The molecule has 0 saturated heterocycles. The molecule has 1 aromatic rings. The summed E-state index contributed by atoms with van der Waals surface area (Å²) in [6.45, 7) is 2.03. The summed E-state index contributed by atoms with van der Waals surface area (Å²) in [6, 6.07) is 0.610. The van der Waals surface area contributed by atoms with Crippen LogP contribution in [-0.2, 0) is 0 Å². The van der Waals surface area contributed by atoms with Crippen LogP contribution in [0.3, 0.4) is 0 Å². The summed E-state index contributed by atoms with van der Waals surface area (Å²) >= 11 is 3.63. The van der Waals surface area contributed by atoms with Gasteiger partial charge in [-0.1, -0.05) is 25.7 Å². The molecular weight excluding hydrogens is 290 g/mol. The van der Waals surface area contributed by atoms with Gasteiger partial charge in [0.25, 0.3) is 0 Å². The van der Waals surface area contributed by atoms with Gasteiger partial charge in [-0.25, -0.2) is 4.98 Å². The second-order valence-electron chi connectivity index (χ2n) is 5.23. The number of pyridine rings is 1. The van der Waals surface area contributed by atoms with Gasteiger partial charge in [0.05, 0.1) is 16.4 Å². The lowest BCUT2D eigenvalue weighted by atomic mass is 10.1. The molecule has 0 amide bonds. The van der Waals surface area contributed by atoms with Crippen LogP contribution in [0.5, 0.6) is 0 Å². The van der Waals surface area contributed by atoms with E-state index in [1.165, 1.54) is 38.5 Å². The van der Waals surface area contributed by atoms with Gasteiger partial charge in [0.2, 0.25) is 0 Å². The fourth-order valence-corrected chi connectivity index (χ4v) is 3.25. The summed E-state index contributed by atoms with van der Waals surface area (Å²) in [6.07, 6.45) is 9.73. The van der Waals surface area contributed by atoms with Crippen LogP contribution in [0.15, 0.2) is 10.7 Å². The topological polar surface area (TPSA) is 42.1 Å². The van der Waals surface area contributed by atoms with Gasteiger partial charge in [-0.3, -0.25) is 0 Å². The van der Waals surface area contributed by atoms with E-state index < -0.39 is 0 Å². The third kappa shape index (κ3) is 2.79. The Morgan fingerprint density at radius 3 is 2.50 bits per heavy atom. The third-order valence-corrected chi connectivity index (χ3v) is 4.94. The molecular formula is C14H22BrN3. The molecule has 0 radical (unpaired) electrons. The van der Waals surface area contributed by atoms with Gasteiger partial charge in [0.15, 0.2) is 0 Å². The van der Waals surface area contributed by atoms with Crippen LogP contribution in [0.1, 0.15) is 44.1 Å². The summed E-state index contributed by atoms with van der Waals surface area (Å²) < 4.78 is 1.04. The Hall–Kier alpha value is -0.770. The molecule has 0 bridgehead atoms. The average Bonchev–Trinajstić information content (AvgIpc) is 2.64. The SMILES string of the molecule is Cc1c(N)cnc(N(C)C2CCCCCC2)c1Br. The molecule has 1 aliphatic carbocycles. The molecule has 1 saturated carbocycles. The van der Waals surface area contributed by atoms with E-state index in [9.17, 15) is 0 Å². The fraction of sp³-hybridized carbons (Fsp3) is 0.643. The molecule has 18 heavy (non-hydrogen) atoms. The molecule has 0 aliphatic heterocycles. The van der Waals surface area contributed by atoms with Gasteiger partial charge in [0.1, 0.15) is 5.82 Å². The van der Waals surface area contributed by atoms with Crippen molar-refractivity contribution in [2.75, 3.05) is 17.7 Å². The van der Waals surface area contributed by atoms with E-state index in [1.54, 1.807) is 6.20 Å². The minimum Gasteiger partial charge on any atom is -0.397 e. The van der Waals surface area contributed by atoms with Crippen molar-refractivity contribution in [3.05, 3.63) is 16.2 Å².